The molecule has 4 nitrogen and oxygen atoms in total. The molecule has 1 N–H and O–H groups in total. The van der Waals surface area contributed by atoms with Gasteiger partial charge in [-0.3, -0.25) is 9.89 Å². The lowest BCUT2D eigenvalue weighted by Crippen LogP contribution is -2.48. The molecule has 0 amide bonds. The van der Waals surface area contributed by atoms with Gasteiger partial charge in [-0.05, 0) is 25.9 Å². The van der Waals surface area contributed by atoms with Crippen LogP contribution in [-0.2, 0) is 0 Å². The molecule has 0 radical (unpaired) electrons. The average Bonchev–Trinajstić information content (AvgIpc) is 2.72. The quantitative estimate of drug-likeness (QED) is 0.767. The SMILES string of the molecule is CCN1CCCCC1CNC1=NCCN1C. The van der Waals surface area contributed by atoms with E-state index in [1.165, 1.54) is 32.4 Å². The molecule has 0 aromatic heterocycles. The Balaban J connectivity index is 1.79. The molecule has 2 rings (SSSR count). The molecule has 0 saturated carbocycles. The Kier molecular flexibility index (Phi) is 4.04. The molecule has 0 bridgehead atoms. The Bertz CT molecular complexity index is 251. The minimum Gasteiger partial charge on any atom is -0.355 e. The third kappa shape index (κ3) is 2.67. The van der Waals surface area contributed by atoms with Crippen LogP contribution in [0, 0.1) is 0 Å². The highest BCUT2D eigenvalue weighted by atomic mass is 15.3. The Morgan fingerprint density at radius 2 is 2.25 bits per heavy atom. The van der Waals surface area contributed by atoms with E-state index in [0.717, 1.165) is 25.6 Å². The molecule has 1 fully saturated rings. The third-order valence-electron chi connectivity index (χ3n) is 3.71. The fraction of sp³-hybridized carbons (Fsp3) is 0.917. The summed E-state index contributed by atoms with van der Waals surface area (Å²) < 4.78 is 0. The second-order valence-electron chi connectivity index (χ2n) is 4.79. The molecule has 2 aliphatic rings. The van der Waals surface area contributed by atoms with Crippen LogP contribution in [0.5, 0.6) is 0 Å². The number of likely N-dealkylation sites (tertiary alicyclic amines) is 1. The number of guanidine groups is 1. The van der Waals surface area contributed by atoms with Crippen LogP contribution in [0.15, 0.2) is 4.99 Å². The van der Waals surface area contributed by atoms with Gasteiger partial charge in [0.15, 0.2) is 5.96 Å². The lowest BCUT2D eigenvalue weighted by molar-refractivity contribution is 0.157. The van der Waals surface area contributed by atoms with Crippen molar-refractivity contribution in [2.75, 3.05) is 39.8 Å². The van der Waals surface area contributed by atoms with Crippen LogP contribution in [0.3, 0.4) is 0 Å². The fourth-order valence-corrected chi connectivity index (χ4v) is 2.64. The smallest absolute Gasteiger partial charge is 0.193 e. The standard InChI is InChI=1S/C12H24N4/c1-3-16-8-5-4-6-11(16)10-14-12-13-7-9-15(12)2/h11H,3-10H2,1-2H3,(H,13,14). The number of nitrogens with zero attached hydrogens (tertiary/aromatic N) is 3. The lowest BCUT2D eigenvalue weighted by atomic mass is 10.0. The van der Waals surface area contributed by atoms with Gasteiger partial charge in [-0.2, -0.15) is 0 Å². The average molecular weight is 224 g/mol. The molecule has 2 heterocycles. The number of likely N-dealkylation sites (N-methyl/N-ethyl adjacent to an activating group) is 2. The van der Waals surface area contributed by atoms with Gasteiger partial charge in [0.2, 0.25) is 0 Å². The molecule has 0 spiro atoms. The monoisotopic (exact) mass is 224 g/mol. The molecule has 1 saturated heterocycles. The Hall–Kier alpha value is -0.770. The molecule has 0 aromatic rings. The topological polar surface area (TPSA) is 30.9 Å². The maximum atomic E-state index is 4.46. The highest BCUT2D eigenvalue weighted by Crippen LogP contribution is 2.15. The first-order chi connectivity index (χ1) is 7.81. The largest absolute Gasteiger partial charge is 0.355 e. The zero-order valence-corrected chi connectivity index (χ0v) is 10.6. The maximum Gasteiger partial charge on any atom is 0.193 e. The van der Waals surface area contributed by atoms with E-state index in [-0.39, 0.29) is 0 Å². The van der Waals surface area contributed by atoms with Crippen LogP contribution in [0.25, 0.3) is 0 Å². The first-order valence-electron chi connectivity index (χ1n) is 6.54. The number of nitrogens with one attached hydrogen (secondary N) is 1. The summed E-state index contributed by atoms with van der Waals surface area (Å²) in [6.07, 6.45) is 4.08. The summed E-state index contributed by atoms with van der Waals surface area (Å²) in [5.74, 6) is 1.08. The summed E-state index contributed by atoms with van der Waals surface area (Å²) in [5, 5.41) is 3.50. The minimum absolute atomic E-state index is 0.704. The molecule has 1 atom stereocenters. The Labute approximate surface area is 98.7 Å². The van der Waals surface area contributed by atoms with Crippen LogP contribution in [-0.4, -0.2) is 61.6 Å². The molecular weight excluding hydrogens is 200 g/mol. The van der Waals surface area contributed by atoms with Crippen molar-refractivity contribution in [1.82, 2.24) is 15.1 Å². The van der Waals surface area contributed by atoms with Crippen molar-refractivity contribution < 1.29 is 0 Å². The van der Waals surface area contributed by atoms with Gasteiger partial charge in [0.05, 0.1) is 6.54 Å². The molecule has 92 valence electrons. The van der Waals surface area contributed by atoms with Gasteiger partial charge in [0, 0.05) is 26.2 Å². The van der Waals surface area contributed by atoms with Gasteiger partial charge in [0.1, 0.15) is 0 Å². The number of rotatable bonds is 3. The normalized spacial score (nSPS) is 27.0. The highest BCUT2D eigenvalue weighted by Gasteiger charge is 2.22. The van der Waals surface area contributed by atoms with E-state index in [0.29, 0.717) is 6.04 Å². The highest BCUT2D eigenvalue weighted by molar-refractivity contribution is 5.81. The summed E-state index contributed by atoms with van der Waals surface area (Å²) in [6.45, 7) is 7.76. The summed E-state index contributed by atoms with van der Waals surface area (Å²) in [7, 11) is 2.11. The second-order valence-corrected chi connectivity index (χ2v) is 4.79. The maximum absolute atomic E-state index is 4.46. The van der Waals surface area contributed by atoms with E-state index in [2.05, 4.69) is 34.1 Å². The number of hydrogen-bond acceptors (Lipinski definition) is 4. The first-order valence-corrected chi connectivity index (χ1v) is 6.54. The minimum atomic E-state index is 0.704. The Morgan fingerprint density at radius 3 is 2.94 bits per heavy atom. The van der Waals surface area contributed by atoms with Gasteiger partial charge < -0.3 is 10.2 Å². The Morgan fingerprint density at radius 1 is 1.38 bits per heavy atom. The van der Waals surface area contributed by atoms with Gasteiger partial charge >= 0.3 is 0 Å². The zero-order chi connectivity index (χ0) is 11.4. The van der Waals surface area contributed by atoms with E-state index in [1.807, 2.05) is 0 Å². The third-order valence-corrected chi connectivity index (χ3v) is 3.71. The molecule has 0 aliphatic carbocycles. The van der Waals surface area contributed by atoms with E-state index in [9.17, 15) is 0 Å². The van der Waals surface area contributed by atoms with Gasteiger partial charge in [-0.25, -0.2) is 0 Å². The van der Waals surface area contributed by atoms with Crippen molar-refractivity contribution in [3.05, 3.63) is 0 Å². The van der Waals surface area contributed by atoms with Crippen molar-refractivity contribution in [3.63, 3.8) is 0 Å². The van der Waals surface area contributed by atoms with Gasteiger partial charge in [-0.1, -0.05) is 13.3 Å². The molecule has 1 unspecified atom stereocenters. The van der Waals surface area contributed by atoms with Crippen LogP contribution >= 0.6 is 0 Å². The van der Waals surface area contributed by atoms with Crippen molar-refractivity contribution in [2.45, 2.75) is 32.2 Å². The number of hydrogen-bond donors (Lipinski definition) is 1. The first kappa shape index (κ1) is 11.7. The van der Waals surface area contributed by atoms with Crippen molar-refractivity contribution in [3.8, 4) is 0 Å². The zero-order valence-electron chi connectivity index (χ0n) is 10.6. The van der Waals surface area contributed by atoms with Crippen molar-refractivity contribution >= 4 is 5.96 Å². The molecule has 4 heteroatoms. The van der Waals surface area contributed by atoms with Crippen LogP contribution < -0.4 is 5.32 Å². The summed E-state index contributed by atoms with van der Waals surface area (Å²) in [5.41, 5.74) is 0. The number of piperidine rings is 1. The predicted molar refractivity (Wildman–Crippen MR) is 67.8 cm³/mol. The van der Waals surface area contributed by atoms with Crippen molar-refractivity contribution in [2.24, 2.45) is 4.99 Å². The van der Waals surface area contributed by atoms with Crippen LogP contribution in [0.2, 0.25) is 0 Å². The van der Waals surface area contributed by atoms with Crippen LogP contribution in [0.4, 0.5) is 0 Å². The summed E-state index contributed by atoms with van der Waals surface area (Å²) in [4.78, 5) is 9.26. The van der Waals surface area contributed by atoms with E-state index < -0.39 is 0 Å². The van der Waals surface area contributed by atoms with E-state index >= 15 is 0 Å². The summed E-state index contributed by atoms with van der Waals surface area (Å²) >= 11 is 0. The second kappa shape index (κ2) is 5.53. The number of aliphatic imine (C=N–C) groups is 1. The van der Waals surface area contributed by atoms with Crippen LogP contribution in [0.1, 0.15) is 26.2 Å². The molecule has 0 aromatic carbocycles. The van der Waals surface area contributed by atoms with Crippen molar-refractivity contribution in [1.29, 1.82) is 0 Å². The van der Waals surface area contributed by atoms with E-state index in [1.54, 1.807) is 0 Å². The molecular formula is C12H24N4. The van der Waals surface area contributed by atoms with Gasteiger partial charge in [-0.15, -0.1) is 0 Å². The van der Waals surface area contributed by atoms with Gasteiger partial charge in [0.25, 0.3) is 0 Å². The predicted octanol–water partition coefficient (Wildman–Crippen LogP) is 0.752. The fourth-order valence-electron chi connectivity index (χ4n) is 2.64. The summed E-state index contributed by atoms with van der Waals surface area (Å²) in [6, 6.07) is 0.704. The van der Waals surface area contributed by atoms with E-state index in [4.69, 9.17) is 0 Å². The molecule has 16 heavy (non-hydrogen) atoms. The lowest BCUT2D eigenvalue weighted by Gasteiger charge is -2.35. The molecule has 2 aliphatic heterocycles.